The van der Waals surface area contributed by atoms with Crippen molar-refractivity contribution in [1.82, 2.24) is 4.98 Å². The summed E-state index contributed by atoms with van der Waals surface area (Å²) >= 11 is 6.39. The molecule has 0 aliphatic carbocycles. The van der Waals surface area contributed by atoms with Crippen LogP contribution in [0.1, 0.15) is 5.56 Å². The van der Waals surface area contributed by atoms with Crippen molar-refractivity contribution in [3.63, 3.8) is 0 Å². The van der Waals surface area contributed by atoms with Crippen molar-refractivity contribution in [2.75, 3.05) is 31.2 Å². The predicted octanol–water partition coefficient (Wildman–Crippen LogP) is 1.46. The Hall–Kier alpha value is -1.60. The van der Waals surface area contributed by atoms with E-state index >= 15 is 0 Å². The van der Waals surface area contributed by atoms with Crippen molar-refractivity contribution < 1.29 is 14.4 Å². The molecule has 5 nitrogen and oxygen atoms in total. The Morgan fingerprint density at radius 3 is 2.78 bits per heavy atom. The van der Waals surface area contributed by atoms with E-state index in [4.69, 9.17) is 21.0 Å². The molecule has 1 aromatic heterocycles. The highest BCUT2D eigenvalue weighted by Gasteiger charge is 2.28. The van der Waals surface area contributed by atoms with Gasteiger partial charge < -0.3 is 19.3 Å². The number of benzene rings is 1. The zero-order valence-corrected chi connectivity index (χ0v) is 13.3. The molecule has 0 atom stereocenters. The second kappa shape index (κ2) is 6.13. The third-order valence-electron chi connectivity index (χ3n) is 4.29. The zero-order valence-electron chi connectivity index (χ0n) is 12.5. The Balaban J connectivity index is 1.64. The minimum Gasteiger partial charge on any atom is -0.423 e. The molecule has 1 N–H and O–H groups in total. The lowest BCUT2D eigenvalue weighted by molar-refractivity contribution is 0.122. The first kappa shape index (κ1) is 15.0. The van der Waals surface area contributed by atoms with E-state index < -0.39 is 7.12 Å². The van der Waals surface area contributed by atoms with E-state index in [1.54, 1.807) is 0 Å². The standard InChI is InChI=1S/C16H16BClN2O3/c18-15-7-12-10-23-17(21)14(12)8-13(15)11-1-2-16(19-9-11)20-3-5-22-6-4-20/h1-2,7-9,21H,3-6,10H2. The number of hydrogen-bond donors (Lipinski definition) is 1. The van der Waals surface area contributed by atoms with Gasteiger partial charge in [-0.15, -0.1) is 0 Å². The van der Waals surface area contributed by atoms with Crippen molar-refractivity contribution in [3.05, 3.63) is 41.0 Å². The number of ether oxygens (including phenoxy) is 1. The van der Waals surface area contributed by atoms with Crippen LogP contribution < -0.4 is 10.4 Å². The fourth-order valence-corrected chi connectivity index (χ4v) is 3.29. The molecule has 2 aromatic rings. The van der Waals surface area contributed by atoms with Gasteiger partial charge >= 0.3 is 7.12 Å². The van der Waals surface area contributed by atoms with E-state index in [1.807, 2.05) is 30.5 Å². The summed E-state index contributed by atoms with van der Waals surface area (Å²) in [5.74, 6) is 0.942. The number of morpholine rings is 1. The molecule has 1 saturated heterocycles. The van der Waals surface area contributed by atoms with E-state index in [9.17, 15) is 5.02 Å². The molecule has 2 aliphatic rings. The lowest BCUT2D eigenvalue weighted by atomic mass is 9.78. The van der Waals surface area contributed by atoms with E-state index in [0.717, 1.165) is 54.3 Å². The molecule has 23 heavy (non-hydrogen) atoms. The van der Waals surface area contributed by atoms with E-state index in [0.29, 0.717) is 11.6 Å². The summed E-state index contributed by atoms with van der Waals surface area (Å²) in [6.45, 7) is 3.58. The maximum absolute atomic E-state index is 9.86. The van der Waals surface area contributed by atoms with Gasteiger partial charge in [-0.2, -0.15) is 0 Å². The highest BCUT2D eigenvalue weighted by Crippen LogP contribution is 2.30. The number of aromatic nitrogens is 1. The van der Waals surface area contributed by atoms with Crippen molar-refractivity contribution in [1.29, 1.82) is 0 Å². The molecule has 0 amide bonds. The molecule has 0 saturated carbocycles. The molecule has 2 aliphatic heterocycles. The molecule has 7 heteroatoms. The van der Waals surface area contributed by atoms with Gasteiger partial charge in [0, 0.05) is 35.4 Å². The van der Waals surface area contributed by atoms with Crippen molar-refractivity contribution in [2.45, 2.75) is 6.61 Å². The van der Waals surface area contributed by atoms with Crippen LogP contribution in [0.4, 0.5) is 5.82 Å². The minimum atomic E-state index is -0.874. The van der Waals surface area contributed by atoms with Gasteiger partial charge in [0.25, 0.3) is 0 Å². The van der Waals surface area contributed by atoms with E-state index in [2.05, 4.69) is 9.88 Å². The van der Waals surface area contributed by atoms with E-state index in [1.165, 1.54) is 0 Å². The maximum atomic E-state index is 9.86. The normalized spacial score (nSPS) is 17.5. The van der Waals surface area contributed by atoms with Gasteiger partial charge in [-0.25, -0.2) is 4.98 Å². The molecule has 1 aromatic carbocycles. The fourth-order valence-electron chi connectivity index (χ4n) is 2.99. The number of rotatable bonds is 2. The third-order valence-corrected chi connectivity index (χ3v) is 4.60. The van der Waals surface area contributed by atoms with Gasteiger partial charge in [0.1, 0.15) is 5.82 Å². The molecule has 118 valence electrons. The van der Waals surface area contributed by atoms with Crippen LogP contribution in [0, 0.1) is 0 Å². The second-order valence-corrected chi connectivity index (χ2v) is 6.11. The zero-order chi connectivity index (χ0) is 15.8. The van der Waals surface area contributed by atoms with Gasteiger partial charge in [-0.3, -0.25) is 0 Å². The molecule has 3 heterocycles. The van der Waals surface area contributed by atoms with Gasteiger partial charge in [0.2, 0.25) is 0 Å². The van der Waals surface area contributed by atoms with Crippen molar-refractivity contribution in [3.8, 4) is 11.1 Å². The first-order valence-electron chi connectivity index (χ1n) is 7.63. The Bertz CT molecular complexity index is 720. The Morgan fingerprint density at radius 2 is 2.04 bits per heavy atom. The predicted molar refractivity (Wildman–Crippen MR) is 90.1 cm³/mol. The smallest absolute Gasteiger partial charge is 0.423 e. The largest absolute Gasteiger partial charge is 0.491 e. The minimum absolute atomic E-state index is 0.394. The molecule has 0 unspecified atom stereocenters. The van der Waals surface area contributed by atoms with Crippen LogP contribution in [0.3, 0.4) is 0 Å². The highest BCUT2D eigenvalue weighted by atomic mass is 35.5. The second-order valence-electron chi connectivity index (χ2n) is 5.70. The number of pyridine rings is 1. The van der Waals surface area contributed by atoms with Crippen LogP contribution >= 0.6 is 11.6 Å². The highest BCUT2D eigenvalue weighted by molar-refractivity contribution is 6.61. The monoisotopic (exact) mass is 330 g/mol. The summed E-state index contributed by atoms with van der Waals surface area (Å²) in [7, 11) is -0.874. The molecular formula is C16H16BClN2O3. The fraction of sp³-hybridized carbons (Fsp3) is 0.312. The van der Waals surface area contributed by atoms with Gasteiger partial charge in [0.15, 0.2) is 0 Å². The van der Waals surface area contributed by atoms with Gasteiger partial charge in [-0.1, -0.05) is 17.7 Å². The number of fused-ring (bicyclic) bond motifs is 1. The number of hydrogen-bond acceptors (Lipinski definition) is 5. The number of halogens is 1. The van der Waals surface area contributed by atoms with Crippen LogP contribution in [0.5, 0.6) is 0 Å². The summed E-state index contributed by atoms with van der Waals surface area (Å²) in [5.41, 5.74) is 3.50. The van der Waals surface area contributed by atoms with E-state index in [-0.39, 0.29) is 0 Å². The quantitative estimate of drug-likeness (QED) is 0.845. The van der Waals surface area contributed by atoms with Crippen LogP contribution in [0.15, 0.2) is 30.5 Å². The SMILES string of the molecule is OB1OCc2cc(Cl)c(-c3ccc(N4CCOCC4)nc3)cc21. The first-order valence-corrected chi connectivity index (χ1v) is 8.01. The number of anilines is 1. The van der Waals surface area contributed by atoms with Gasteiger partial charge in [-0.05, 0) is 29.2 Å². The van der Waals surface area contributed by atoms with Crippen LogP contribution in [0.2, 0.25) is 5.02 Å². The topological polar surface area (TPSA) is 54.8 Å². The maximum Gasteiger partial charge on any atom is 0.491 e. The Labute approximate surface area is 139 Å². The van der Waals surface area contributed by atoms with Crippen molar-refractivity contribution in [2.24, 2.45) is 0 Å². The summed E-state index contributed by atoms with van der Waals surface area (Å²) in [4.78, 5) is 6.75. The molecule has 0 radical (unpaired) electrons. The first-order chi connectivity index (χ1) is 11.2. The lowest BCUT2D eigenvalue weighted by Gasteiger charge is -2.27. The van der Waals surface area contributed by atoms with Gasteiger partial charge in [0.05, 0.1) is 19.8 Å². The summed E-state index contributed by atoms with van der Waals surface area (Å²) in [6, 6.07) is 7.75. The average molecular weight is 331 g/mol. The molecule has 0 bridgehead atoms. The molecule has 0 spiro atoms. The Morgan fingerprint density at radius 1 is 1.22 bits per heavy atom. The number of nitrogens with zero attached hydrogens (tertiary/aromatic N) is 2. The lowest BCUT2D eigenvalue weighted by Crippen LogP contribution is -2.36. The van der Waals surface area contributed by atoms with Crippen LogP contribution in [-0.2, 0) is 16.0 Å². The molecule has 1 fully saturated rings. The third kappa shape index (κ3) is 2.83. The van der Waals surface area contributed by atoms with Crippen LogP contribution in [0.25, 0.3) is 11.1 Å². The molecule has 4 rings (SSSR count). The van der Waals surface area contributed by atoms with Crippen LogP contribution in [-0.4, -0.2) is 43.4 Å². The summed E-state index contributed by atoms with van der Waals surface area (Å²) in [5, 5.41) is 10.5. The summed E-state index contributed by atoms with van der Waals surface area (Å²) < 4.78 is 10.6. The summed E-state index contributed by atoms with van der Waals surface area (Å²) in [6.07, 6.45) is 1.82. The van der Waals surface area contributed by atoms with Crippen molar-refractivity contribution >= 4 is 30.0 Å². The average Bonchev–Trinajstić information content (AvgIpc) is 2.95. The Kier molecular flexibility index (Phi) is 3.99. The molecular weight excluding hydrogens is 314 g/mol.